The molecule has 6 heterocycles. The summed E-state index contributed by atoms with van der Waals surface area (Å²) in [6.45, 7) is 53.4. The Morgan fingerprint density at radius 2 is 1.38 bits per heavy atom. The zero-order valence-corrected chi connectivity index (χ0v) is 79.4. The highest BCUT2D eigenvalue weighted by atomic mass is 28.4. The van der Waals surface area contributed by atoms with Gasteiger partial charge in [0.2, 0.25) is 14.2 Å². The molecule has 0 radical (unpaired) electrons. The summed E-state index contributed by atoms with van der Waals surface area (Å²) < 4.78 is 101. The van der Waals surface area contributed by atoms with Gasteiger partial charge in [0, 0.05) is 77.9 Å². The monoisotopic (exact) mass is 1660 g/mol. The van der Waals surface area contributed by atoms with Crippen LogP contribution in [-0.4, -0.2) is 158 Å². The first kappa shape index (κ1) is 94.2. The third-order valence-corrected chi connectivity index (χ3v) is 41.5. The fourth-order valence-corrected chi connectivity index (χ4v) is 30.1. The van der Waals surface area contributed by atoms with E-state index >= 15 is 0 Å². The second-order valence-corrected chi connectivity index (χ2v) is 57.1. The lowest BCUT2D eigenvalue weighted by atomic mass is 9.79. The Labute approximate surface area is 701 Å². The van der Waals surface area contributed by atoms with Gasteiger partial charge >= 0.3 is 0 Å². The molecule has 640 valence electrons. The molecule has 0 spiro atoms. The fourth-order valence-electron chi connectivity index (χ4n) is 18.0. The normalized spacial score (nSPS) is 25.8. The molecule has 17 nitrogen and oxygen atoms in total. The highest BCUT2D eigenvalue weighted by Gasteiger charge is 2.53. The molecule has 116 heavy (non-hydrogen) atoms. The Bertz CT molecular complexity index is 4020. The van der Waals surface area contributed by atoms with E-state index in [4.69, 9.17) is 79.4 Å². The Kier molecular flexibility index (Phi) is 33.5. The summed E-state index contributed by atoms with van der Waals surface area (Å²) in [6, 6.07) is 27.6. The predicted molar refractivity (Wildman–Crippen MR) is 478 cm³/mol. The van der Waals surface area contributed by atoms with Crippen molar-refractivity contribution in [3.63, 3.8) is 0 Å². The predicted octanol–water partition coefficient (Wildman–Crippen LogP) is 21.3. The van der Waals surface area contributed by atoms with Crippen molar-refractivity contribution in [2.75, 3.05) is 42.2 Å². The van der Waals surface area contributed by atoms with Crippen LogP contribution in [0.1, 0.15) is 210 Å². The molecular formula is C95H144N2O15Si4. The Balaban J connectivity index is 0.930. The van der Waals surface area contributed by atoms with Gasteiger partial charge in [0.05, 0.1) is 94.4 Å². The van der Waals surface area contributed by atoms with Crippen molar-refractivity contribution >= 4 is 55.6 Å². The third-order valence-electron chi connectivity index (χ3n) is 24.9. The minimum Gasteiger partial charge on any atom is -0.497 e. The highest BCUT2D eigenvalue weighted by Crippen LogP contribution is 2.48. The lowest BCUT2D eigenvalue weighted by Gasteiger charge is -2.49. The van der Waals surface area contributed by atoms with E-state index in [-0.39, 0.29) is 89.4 Å². The van der Waals surface area contributed by atoms with Gasteiger partial charge in [0.25, 0.3) is 8.32 Å². The second kappa shape index (κ2) is 41.3. The van der Waals surface area contributed by atoms with E-state index in [0.717, 1.165) is 48.1 Å². The molecule has 0 aliphatic carbocycles. The highest BCUT2D eigenvalue weighted by molar-refractivity contribution is 6.99. The van der Waals surface area contributed by atoms with E-state index in [1.807, 2.05) is 24.3 Å². The zero-order valence-electron chi connectivity index (χ0n) is 75.4. The molecule has 0 amide bonds. The first-order valence-electron chi connectivity index (χ1n) is 42.7. The number of hydrogen-bond donors (Lipinski definition) is 0. The molecule has 0 unspecified atom stereocenters. The average molecular weight is 1670 g/mol. The van der Waals surface area contributed by atoms with Crippen molar-refractivity contribution < 1.29 is 69.5 Å². The van der Waals surface area contributed by atoms with Gasteiger partial charge in [-0.05, 0) is 132 Å². The average Bonchev–Trinajstić information content (AvgIpc) is 0.782. The van der Waals surface area contributed by atoms with E-state index in [1.54, 1.807) is 48.1 Å². The molecule has 4 saturated heterocycles. The van der Waals surface area contributed by atoms with E-state index in [0.29, 0.717) is 97.3 Å². The molecule has 9 rings (SSSR count). The summed E-state index contributed by atoms with van der Waals surface area (Å²) in [5.74, 6) is 4.47. The molecule has 4 aliphatic heterocycles. The molecule has 0 bridgehead atoms. The molecule has 0 saturated carbocycles. The number of allylic oxidation sites excluding steroid dienone is 2. The van der Waals surface area contributed by atoms with Crippen molar-refractivity contribution in [1.29, 1.82) is 0 Å². The van der Waals surface area contributed by atoms with Crippen molar-refractivity contribution in [2.45, 2.75) is 326 Å². The topological polar surface area (TPSA) is 172 Å². The number of nitrogens with zero attached hydrogens (tertiary/aromatic N) is 2. The number of rotatable bonds is 36. The first-order chi connectivity index (χ1) is 54.8. The summed E-state index contributed by atoms with van der Waals surface area (Å²) in [5.41, 5.74) is 10.0. The Morgan fingerprint density at radius 3 is 1.97 bits per heavy atom. The van der Waals surface area contributed by atoms with E-state index in [1.165, 1.54) is 15.9 Å². The van der Waals surface area contributed by atoms with Gasteiger partial charge in [-0.3, -0.25) is 0 Å². The van der Waals surface area contributed by atoms with Crippen LogP contribution in [0.15, 0.2) is 148 Å². The SMILES string of the molecule is C=C1C[C@H](C[C@@H]2C[C@@H](O[Si](C)(C)C(C)(C)C)C[C@H](c3coc(/C=C/C[C@H]4O[C@@H](/C(C)=C/c5coc(C[C@]6(OC)C[C@H](OC)C[C@H]([C@@H](/C=C(C)/C=C/[C@@H](CC#C[Si](C)(C)C)OC)O[Si](C(C)C)(C(C)C)C(C)C)O6)n5)[C@H](C)[C@@H](OCc5cc(OC)cc(OC)c5)[C@H]4C)n3)O2)O[C@@H](CCO[Si](c2ccccc2)(c2ccccc2)C(C)(C)C)C1. The van der Waals surface area contributed by atoms with Crippen LogP contribution in [-0.2, 0) is 64.2 Å². The fraction of sp³-hybridized carbons (Fsp3) is 0.621. The maximum Gasteiger partial charge on any atom is 0.261 e. The van der Waals surface area contributed by atoms with Crippen LogP contribution in [0.5, 0.6) is 11.5 Å². The quantitative estimate of drug-likeness (QED) is 0.0160. The molecule has 15 atom stereocenters. The molecular weight excluding hydrogens is 1520 g/mol. The van der Waals surface area contributed by atoms with Crippen LogP contribution in [0.3, 0.4) is 0 Å². The van der Waals surface area contributed by atoms with Gasteiger partial charge in [-0.25, -0.2) is 9.97 Å². The van der Waals surface area contributed by atoms with Crippen molar-refractivity contribution in [2.24, 2.45) is 11.8 Å². The number of methoxy groups -OCH3 is 5. The van der Waals surface area contributed by atoms with E-state index in [2.05, 4.69) is 253 Å². The van der Waals surface area contributed by atoms with Gasteiger partial charge < -0.3 is 69.5 Å². The molecule has 4 aliphatic rings. The van der Waals surface area contributed by atoms with E-state index in [9.17, 15) is 0 Å². The number of hydrogen-bond acceptors (Lipinski definition) is 17. The first-order valence-corrected chi connectivity index (χ1v) is 53.2. The molecule has 4 fully saturated rings. The molecule has 2 aromatic heterocycles. The largest absolute Gasteiger partial charge is 0.497 e. The van der Waals surface area contributed by atoms with Crippen LogP contribution in [0, 0.1) is 23.3 Å². The summed E-state index contributed by atoms with van der Waals surface area (Å²) in [7, 11) is -0.424. The maximum atomic E-state index is 7.72. The van der Waals surface area contributed by atoms with Crippen molar-refractivity contribution in [3.8, 4) is 23.0 Å². The van der Waals surface area contributed by atoms with Crippen LogP contribution in [0.2, 0.25) is 59.4 Å². The summed E-state index contributed by atoms with van der Waals surface area (Å²) in [5, 5.41) is 2.43. The Hall–Kier alpha value is -5.63. The molecule has 0 N–H and O–H groups in total. The second-order valence-electron chi connectivity index (χ2n) is 37.9. The van der Waals surface area contributed by atoms with Gasteiger partial charge in [-0.15, -0.1) is 11.5 Å². The van der Waals surface area contributed by atoms with E-state index < -0.39 is 51.0 Å². The van der Waals surface area contributed by atoms with Gasteiger partial charge in [0.15, 0.2) is 20.0 Å². The van der Waals surface area contributed by atoms with Crippen LogP contribution in [0.25, 0.3) is 12.2 Å². The third kappa shape index (κ3) is 24.4. The summed E-state index contributed by atoms with van der Waals surface area (Å²) >= 11 is 0. The standard InChI is InChI=1S/C95H144N2O15Si4/c1-64(2)115(65(3)4,66(5)6)112-88(50-67(7)43-44-74(98-18)36-35-47-113(23,24)25)87-58-81(101-21)59-95(102-22,110-87)60-90-96-73(62-103-90)51-69(9)91-71(11)92(105-61-72-52-76(99-19)54-77(53-72)100-20)70(10)85(109-91)41-34-42-89-97-84(63-104-89)86-57-80(111-114(26,27)93(12,13)14)56-79(108-86)55-78-49-68(8)48-75(107-78)45-46-106-116(94(15,16)17,82-37-30-28-31-38-82)83-39-32-29-33-40-83/h28-34,37-40,42-44,50-54,62-66,70-71,74-75,78-81,85-88,91-92H,8,36,41,45-46,48-49,55-61H2,1-7,9-27H3/b42-34+,44-43+,67-50+,69-51+/t70-,71-,74+,75-,78+,79+,80+,81+,85+,86+,87+,88+,91-,92-,95-/m0/s1. The maximum absolute atomic E-state index is 7.72. The van der Waals surface area contributed by atoms with Crippen molar-refractivity contribution in [3.05, 3.63) is 168 Å². The Morgan fingerprint density at radius 1 is 0.733 bits per heavy atom. The minimum absolute atomic E-state index is 0.0162. The summed E-state index contributed by atoms with van der Waals surface area (Å²) in [6.07, 6.45) is 20.3. The van der Waals surface area contributed by atoms with Gasteiger partial charge in [0.1, 0.15) is 49.6 Å². The number of aromatic nitrogens is 2. The summed E-state index contributed by atoms with van der Waals surface area (Å²) in [4.78, 5) is 10.3. The molecule has 21 heteroatoms. The molecule has 3 aromatic carbocycles. The number of benzene rings is 3. The van der Waals surface area contributed by atoms with Crippen LogP contribution in [0.4, 0.5) is 0 Å². The van der Waals surface area contributed by atoms with Gasteiger partial charge in [-0.1, -0.05) is 219 Å². The zero-order chi connectivity index (χ0) is 84.7. The lowest BCUT2D eigenvalue weighted by molar-refractivity contribution is -0.297. The molecule has 5 aromatic rings. The number of ether oxygens (including phenoxy) is 10. The minimum atomic E-state index is -2.73. The smallest absolute Gasteiger partial charge is 0.261 e. The lowest BCUT2D eigenvalue weighted by Crippen LogP contribution is -2.66. The number of oxazole rings is 2. The van der Waals surface area contributed by atoms with Crippen LogP contribution >= 0.6 is 0 Å². The van der Waals surface area contributed by atoms with Crippen LogP contribution < -0.4 is 19.8 Å². The van der Waals surface area contributed by atoms with Gasteiger partial charge in [-0.2, -0.15) is 0 Å². The van der Waals surface area contributed by atoms with Crippen molar-refractivity contribution in [1.82, 2.24) is 9.97 Å².